The standard InChI is InChI=1S/C13H23N3O2/c1-13(2,3)18-12-10(14)6-7-11(16-12)15-8-5-9-17-4/h6-7H,5,8-9,14H2,1-4H3,(H,15,16). The molecule has 3 N–H and O–H groups in total. The maximum atomic E-state index is 5.84. The lowest BCUT2D eigenvalue weighted by Crippen LogP contribution is -2.24. The third kappa shape index (κ3) is 5.23. The molecule has 102 valence electrons. The van der Waals surface area contributed by atoms with Crippen molar-refractivity contribution in [2.45, 2.75) is 32.8 Å². The molecular formula is C13H23N3O2. The molecule has 0 aliphatic heterocycles. The monoisotopic (exact) mass is 253 g/mol. The summed E-state index contributed by atoms with van der Waals surface area (Å²) in [6.45, 7) is 7.43. The summed E-state index contributed by atoms with van der Waals surface area (Å²) >= 11 is 0. The van der Waals surface area contributed by atoms with Crippen LogP contribution in [0.3, 0.4) is 0 Å². The molecule has 5 heteroatoms. The third-order valence-corrected chi connectivity index (χ3v) is 2.12. The van der Waals surface area contributed by atoms with Crippen LogP contribution in [0.1, 0.15) is 27.2 Å². The first kappa shape index (κ1) is 14.6. The van der Waals surface area contributed by atoms with Crippen LogP contribution in [-0.2, 0) is 4.74 Å². The van der Waals surface area contributed by atoms with Gasteiger partial charge in [0.2, 0.25) is 5.88 Å². The van der Waals surface area contributed by atoms with Crippen LogP contribution in [0.5, 0.6) is 5.88 Å². The molecule has 0 radical (unpaired) electrons. The van der Waals surface area contributed by atoms with Crippen LogP contribution < -0.4 is 15.8 Å². The van der Waals surface area contributed by atoms with E-state index in [0.29, 0.717) is 11.6 Å². The van der Waals surface area contributed by atoms with E-state index in [-0.39, 0.29) is 5.60 Å². The molecular weight excluding hydrogens is 230 g/mol. The second-order valence-electron chi connectivity index (χ2n) is 5.08. The van der Waals surface area contributed by atoms with Gasteiger partial charge in [0.05, 0.1) is 5.69 Å². The van der Waals surface area contributed by atoms with Crippen molar-refractivity contribution in [3.8, 4) is 5.88 Å². The van der Waals surface area contributed by atoms with E-state index in [2.05, 4.69) is 10.3 Å². The molecule has 0 spiro atoms. The van der Waals surface area contributed by atoms with E-state index in [1.54, 1.807) is 13.2 Å². The molecule has 0 saturated heterocycles. The van der Waals surface area contributed by atoms with Gasteiger partial charge in [-0.15, -0.1) is 0 Å². The summed E-state index contributed by atoms with van der Waals surface area (Å²) in [6.07, 6.45) is 0.929. The first-order chi connectivity index (χ1) is 8.42. The number of anilines is 2. The summed E-state index contributed by atoms with van der Waals surface area (Å²) in [5.41, 5.74) is 6.08. The van der Waals surface area contributed by atoms with E-state index >= 15 is 0 Å². The molecule has 1 aromatic heterocycles. The summed E-state index contributed by atoms with van der Waals surface area (Å²) in [6, 6.07) is 3.64. The highest BCUT2D eigenvalue weighted by Gasteiger charge is 2.15. The van der Waals surface area contributed by atoms with Crippen molar-refractivity contribution in [1.82, 2.24) is 4.98 Å². The summed E-state index contributed by atoms with van der Waals surface area (Å²) in [4.78, 5) is 4.36. The molecule has 0 bridgehead atoms. The summed E-state index contributed by atoms with van der Waals surface area (Å²) in [5.74, 6) is 1.23. The number of aromatic nitrogens is 1. The first-order valence-electron chi connectivity index (χ1n) is 6.11. The zero-order valence-electron chi connectivity index (χ0n) is 11.6. The maximum absolute atomic E-state index is 5.84. The highest BCUT2D eigenvalue weighted by molar-refractivity contribution is 5.53. The molecule has 0 amide bonds. The molecule has 0 saturated carbocycles. The average molecular weight is 253 g/mol. The summed E-state index contributed by atoms with van der Waals surface area (Å²) in [7, 11) is 1.69. The van der Waals surface area contributed by atoms with E-state index < -0.39 is 0 Å². The van der Waals surface area contributed by atoms with Gasteiger partial charge in [-0.1, -0.05) is 0 Å². The third-order valence-electron chi connectivity index (χ3n) is 2.12. The predicted octanol–water partition coefficient (Wildman–Crippen LogP) is 2.29. The number of ether oxygens (including phenoxy) is 2. The Hall–Kier alpha value is -1.49. The van der Waals surface area contributed by atoms with E-state index in [4.69, 9.17) is 15.2 Å². The van der Waals surface area contributed by atoms with Gasteiger partial charge >= 0.3 is 0 Å². The Balaban J connectivity index is 2.63. The second kappa shape index (κ2) is 6.44. The predicted molar refractivity (Wildman–Crippen MR) is 74.0 cm³/mol. The summed E-state index contributed by atoms with van der Waals surface area (Å²) in [5, 5.41) is 3.21. The highest BCUT2D eigenvalue weighted by Crippen LogP contribution is 2.24. The Labute approximate surface area is 109 Å². The maximum Gasteiger partial charge on any atom is 0.239 e. The number of nitrogens with one attached hydrogen (secondary N) is 1. The molecule has 1 heterocycles. The Kier molecular flexibility index (Phi) is 5.22. The smallest absolute Gasteiger partial charge is 0.239 e. The number of nitrogen functional groups attached to an aromatic ring is 1. The molecule has 1 aromatic rings. The Morgan fingerprint density at radius 2 is 2.06 bits per heavy atom. The molecule has 0 atom stereocenters. The number of rotatable bonds is 6. The molecule has 0 aliphatic carbocycles. The number of methoxy groups -OCH3 is 1. The topological polar surface area (TPSA) is 69.4 Å². The quantitative estimate of drug-likeness (QED) is 0.761. The van der Waals surface area contributed by atoms with Gasteiger partial charge in [0.25, 0.3) is 0 Å². The van der Waals surface area contributed by atoms with Crippen LogP contribution >= 0.6 is 0 Å². The molecule has 0 fully saturated rings. The van der Waals surface area contributed by atoms with Crippen molar-refractivity contribution in [2.75, 3.05) is 31.3 Å². The second-order valence-corrected chi connectivity index (χ2v) is 5.08. The van der Waals surface area contributed by atoms with Crippen LogP contribution in [0.15, 0.2) is 12.1 Å². The lowest BCUT2D eigenvalue weighted by Gasteiger charge is -2.21. The lowest BCUT2D eigenvalue weighted by molar-refractivity contribution is 0.125. The fourth-order valence-corrected chi connectivity index (χ4v) is 1.35. The van der Waals surface area contributed by atoms with E-state index in [9.17, 15) is 0 Å². The van der Waals surface area contributed by atoms with Crippen LogP contribution in [-0.4, -0.2) is 30.8 Å². The molecule has 0 aliphatic rings. The first-order valence-corrected chi connectivity index (χ1v) is 6.11. The van der Waals surface area contributed by atoms with Gasteiger partial charge in [0.15, 0.2) is 0 Å². The number of hydrogen-bond acceptors (Lipinski definition) is 5. The fourth-order valence-electron chi connectivity index (χ4n) is 1.35. The molecule has 18 heavy (non-hydrogen) atoms. The normalized spacial score (nSPS) is 11.3. The van der Waals surface area contributed by atoms with Crippen LogP contribution in [0.25, 0.3) is 0 Å². The van der Waals surface area contributed by atoms with Gasteiger partial charge in [-0.25, -0.2) is 0 Å². The van der Waals surface area contributed by atoms with Crippen molar-refractivity contribution < 1.29 is 9.47 Å². The van der Waals surface area contributed by atoms with Crippen molar-refractivity contribution in [3.63, 3.8) is 0 Å². The minimum Gasteiger partial charge on any atom is -0.470 e. The van der Waals surface area contributed by atoms with E-state index in [1.165, 1.54) is 0 Å². The fraction of sp³-hybridized carbons (Fsp3) is 0.615. The number of pyridine rings is 1. The van der Waals surface area contributed by atoms with Gasteiger partial charge in [0, 0.05) is 20.3 Å². The number of nitrogens with two attached hydrogens (primary N) is 1. The average Bonchev–Trinajstić information content (AvgIpc) is 2.27. The minimum absolute atomic E-state index is 0.310. The summed E-state index contributed by atoms with van der Waals surface area (Å²) < 4.78 is 10.7. The SMILES string of the molecule is COCCCNc1ccc(N)c(OC(C)(C)C)n1. The van der Waals surface area contributed by atoms with Gasteiger partial charge in [-0.3, -0.25) is 0 Å². The van der Waals surface area contributed by atoms with Gasteiger partial charge in [-0.2, -0.15) is 4.98 Å². The van der Waals surface area contributed by atoms with E-state index in [1.807, 2.05) is 26.8 Å². The van der Waals surface area contributed by atoms with Crippen molar-refractivity contribution in [2.24, 2.45) is 0 Å². The van der Waals surface area contributed by atoms with Crippen molar-refractivity contribution in [3.05, 3.63) is 12.1 Å². The van der Waals surface area contributed by atoms with Gasteiger partial charge in [-0.05, 0) is 39.3 Å². The molecule has 0 unspecified atom stereocenters. The minimum atomic E-state index is -0.310. The molecule has 1 rings (SSSR count). The number of nitrogens with zero attached hydrogens (tertiary/aromatic N) is 1. The van der Waals surface area contributed by atoms with Gasteiger partial charge < -0.3 is 20.5 Å². The Morgan fingerprint density at radius 3 is 2.67 bits per heavy atom. The highest BCUT2D eigenvalue weighted by atomic mass is 16.5. The Morgan fingerprint density at radius 1 is 1.33 bits per heavy atom. The van der Waals surface area contributed by atoms with Crippen molar-refractivity contribution in [1.29, 1.82) is 0 Å². The van der Waals surface area contributed by atoms with Crippen LogP contribution in [0.2, 0.25) is 0 Å². The Bertz CT molecular complexity index is 375. The number of hydrogen-bond donors (Lipinski definition) is 2. The zero-order chi connectivity index (χ0) is 13.6. The zero-order valence-corrected chi connectivity index (χ0v) is 11.6. The van der Waals surface area contributed by atoms with E-state index in [0.717, 1.165) is 25.4 Å². The largest absolute Gasteiger partial charge is 0.470 e. The molecule has 5 nitrogen and oxygen atoms in total. The van der Waals surface area contributed by atoms with Gasteiger partial charge in [0.1, 0.15) is 11.4 Å². The van der Waals surface area contributed by atoms with Crippen LogP contribution in [0, 0.1) is 0 Å². The van der Waals surface area contributed by atoms with Crippen molar-refractivity contribution >= 4 is 11.5 Å². The molecule has 0 aromatic carbocycles. The lowest BCUT2D eigenvalue weighted by atomic mass is 10.2. The van der Waals surface area contributed by atoms with Crippen LogP contribution in [0.4, 0.5) is 11.5 Å².